The second-order valence-corrected chi connectivity index (χ2v) is 27.7. The standard InChI is InChI=1S/C75H147O10P/c1-4-7-10-13-16-19-22-25-28-37-46-55-64-73(76)80-67-58-49-40-31-34-43-52-61-70-83-86(79,84-71-62-53-44-35-32-41-50-59-68-81-74(77)65-56-47-38-29-26-23-20-17-14-11-8-5-2)85-72-63-54-45-36-33-42-51-60-69-82-75(78)66-57-48-39-30-27-24-21-18-15-12-9-6-3/h4-72H2,1-3H3. The molecule has 86 heavy (non-hydrogen) atoms. The number of hydrogen-bond acceptors (Lipinski definition) is 10. The minimum atomic E-state index is -3.64. The summed E-state index contributed by atoms with van der Waals surface area (Å²) in [5.74, 6) is -0.0946. The van der Waals surface area contributed by atoms with E-state index in [-0.39, 0.29) is 17.9 Å². The van der Waals surface area contributed by atoms with E-state index in [0.717, 1.165) is 173 Å². The molecule has 0 spiro atoms. The number of carbonyl (C=O) groups excluding carboxylic acids is 3. The lowest BCUT2D eigenvalue weighted by molar-refractivity contribution is -0.144. The molecule has 0 radical (unpaired) electrons. The monoisotopic (exact) mass is 1240 g/mol. The number of unbranched alkanes of at least 4 members (excludes halogenated alkanes) is 54. The molecule has 0 aliphatic heterocycles. The first-order valence-corrected chi connectivity index (χ1v) is 39.8. The van der Waals surface area contributed by atoms with Crippen LogP contribution >= 0.6 is 7.82 Å². The maximum absolute atomic E-state index is 13.8. The lowest BCUT2D eigenvalue weighted by atomic mass is 10.0. The van der Waals surface area contributed by atoms with Crippen LogP contribution < -0.4 is 0 Å². The molecule has 512 valence electrons. The number of phosphoric acid groups is 1. The van der Waals surface area contributed by atoms with Crippen molar-refractivity contribution in [2.24, 2.45) is 0 Å². The van der Waals surface area contributed by atoms with Crippen molar-refractivity contribution >= 4 is 25.7 Å². The van der Waals surface area contributed by atoms with Crippen molar-refractivity contribution in [1.82, 2.24) is 0 Å². The molecule has 0 fully saturated rings. The molecule has 0 saturated carbocycles. The van der Waals surface area contributed by atoms with Crippen molar-refractivity contribution in [3.63, 3.8) is 0 Å². The van der Waals surface area contributed by atoms with E-state index < -0.39 is 7.82 Å². The van der Waals surface area contributed by atoms with Crippen molar-refractivity contribution in [2.75, 3.05) is 39.6 Å². The summed E-state index contributed by atoms with van der Waals surface area (Å²) in [4.78, 5) is 36.6. The van der Waals surface area contributed by atoms with Gasteiger partial charge < -0.3 is 14.2 Å². The topological polar surface area (TPSA) is 124 Å². The van der Waals surface area contributed by atoms with Crippen LogP contribution in [-0.4, -0.2) is 57.5 Å². The summed E-state index contributed by atoms with van der Waals surface area (Å²) < 4.78 is 48.1. The zero-order valence-corrected chi connectivity index (χ0v) is 58.7. The van der Waals surface area contributed by atoms with Crippen LogP contribution in [0.25, 0.3) is 0 Å². The summed E-state index contributed by atoms with van der Waals surface area (Å²) in [5.41, 5.74) is 0. The van der Waals surface area contributed by atoms with Gasteiger partial charge in [0, 0.05) is 19.3 Å². The predicted molar refractivity (Wildman–Crippen MR) is 366 cm³/mol. The SMILES string of the molecule is CCCCCCCCCCCCCCC(=O)OCCCCCCCCCCOP(=O)(OCCCCCCCCCCOC(=O)CCCCCCCCCCCCCC)OCCCCCCCCCCOC(=O)CCCCCCCCCCCCCC. The Bertz CT molecular complexity index is 1250. The van der Waals surface area contributed by atoms with Crippen molar-refractivity contribution in [3.8, 4) is 0 Å². The third kappa shape index (κ3) is 70.0. The maximum Gasteiger partial charge on any atom is 0.474 e. The minimum absolute atomic E-state index is 0.0315. The normalized spacial score (nSPS) is 11.7. The summed E-state index contributed by atoms with van der Waals surface area (Å²) in [6, 6.07) is 0. The van der Waals surface area contributed by atoms with E-state index in [4.69, 9.17) is 27.8 Å². The third-order valence-electron chi connectivity index (χ3n) is 17.4. The minimum Gasteiger partial charge on any atom is -0.466 e. The predicted octanol–water partition coefficient (Wildman–Crippen LogP) is 25.4. The first-order chi connectivity index (χ1) is 42.4. The van der Waals surface area contributed by atoms with Crippen LogP contribution in [0.15, 0.2) is 0 Å². The summed E-state index contributed by atoms with van der Waals surface area (Å²) in [5, 5.41) is 0. The van der Waals surface area contributed by atoms with E-state index in [0.29, 0.717) is 58.9 Å². The fourth-order valence-electron chi connectivity index (χ4n) is 11.5. The summed E-state index contributed by atoms with van der Waals surface area (Å²) >= 11 is 0. The van der Waals surface area contributed by atoms with Crippen molar-refractivity contribution in [3.05, 3.63) is 0 Å². The molecule has 0 aromatic heterocycles. The lowest BCUT2D eigenvalue weighted by Crippen LogP contribution is -2.05. The molecular weight excluding hydrogens is 1090 g/mol. The lowest BCUT2D eigenvalue weighted by Gasteiger charge is -2.18. The van der Waals surface area contributed by atoms with E-state index in [1.807, 2.05) is 0 Å². The van der Waals surface area contributed by atoms with E-state index in [1.54, 1.807) is 0 Å². The van der Waals surface area contributed by atoms with Crippen LogP contribution in [0.3, 0.4) is 0 Å². The quantitative estimate of drug-likeness (QED) is 0.0252. The summed E-state index contributed by atoms with van der Waals surface area (Å²) in [6.45, 7) is 9.57. The van der Waals surface area contributed by atoms with Crippen LogP contribution in [0, 0.1) is 0 Å². The van der Waals surface area contributed by atoms with Crippen LogP contribution in [0.5, 0.6) is 0 Å². The molecule has 0 bridgehead atoms. The highest BCUT2D eigenvalue weighted by Crippen LogP contribution is 2.50. The Balaban J connectivity index is 4.24. The molecule has 0 aliphatic carbocycles. The Morgan fingerprint density at radius 1 is 0.198 bits per heavy atom. The molecule has 10 nitrogen and oxygen atoms in total. The fraction of sp³-hybridized carbons (Fsp3) is 0.960. The fourth-order valence-corrected chi connectivity index (χ4v) is 12.8. The molecule has 0 rings (SSSR count). The van der Waals surface area contributed by atoms with Gasteiger partial charge in [-0.05, 0) is 57.8 Å². The van der Waals surface area contributed by atoms with E-state index >= 15 is 0 Å². The maximum atomic E-state index is 13.8. The Morgan fingerprint density at radius 2 is 0.337 bits per heavy atom. The van der Waals surface area contributed by atoms with Crippen molar-refractivity contribution < 1.29 is 46.7 Å². The molecule has 0 amide bonds. The first-order valence-electron chi connectivity index (χ1n) is 38.4. The summed E-state index contributed by atoms with van der Waals surface area (Å²) in [7, 11) is -3.64. The molecule has 0 atom stereocenters. The first kappa shape index (κ1) is 84.5. The van der Waals surface area contributed by atoms with Gasteiger partial charge in [0.1, 0.15) is 0 Å². The third-order valence-corrected chi connectivity index (χ3v) is 18.9. The van der Waals surface area contributed by atoms with Gasteiger partial charge in [0.25, 0.3) is 0 Å². The second kappa shape index (κ2) is 72.6. The molecule has 11 heteroatoms. The van der Waals surface area contributed by atoms with Crippen LogP contribution in [0.4, 0.5) is 0 Å². The van der Waals surface area contributed by atoms with Gasteiger partial charge in [0.15, 0.2) is 0 Å². The van der Waals surface area contributed by atoms with Crippen LogP contribution in [-0.2, 0) is 46.7 Å². The second-order valence-electron chi connectivity index (χ2n) is 26.0. The average molecular weight is 1240 g/mol. The van der Waals surface area contributed by atoms with Gasteiger partial charge >= 0.3 is 25.7 Å². The summed E-state index contributed by atoms with van der Waals surface area (Å²) in [6.07, 6.45) is 73.8. The van der Waals surface area contributed by atoms with Crippen LogP contribution in [0.1, 0.15) is 425 Å². The number of phosphoric ester groups is 1. The Morgan fingerprint density at radius 3 is 0.512 bits per heavy atom. The van der Waals surface area contributed by atoms with Crippen molar-refractivity contribution in [2.45, 2.75) is 425 Å². The molecule has 0 N–H and O–H groups in total. The number of ether oxygens (including phenoxy) is 3. The Kier molecular flexibility index (Phi) is 71.3. The number of rotatable bonds is 75. The highest BCUT2D eigenvalue weighted by atomic mass is 31.2. The van der Waals surface area contributed by atoms with E-state index in [9.17, 15) is 18.9 Å². The van der Waals surface area contributed by atoms with E-state index in [2.05, 4.69) is 20.8 Å². The smallest absolute Gasteiger partial charge is 0.466 e. The molecular formula is C75H147O10P. The van der Waals surface area contributed by atoms with Gasteiger partial charge in [0.05, 0.1) is 39.6 Å². The highest BCUT2D eigenvalue weighted by Gasteiger charge is 2.26. The molecule has 0 heterocycles. The van der Waals surface area contributed by atoms with Gasteiger partial charge in [-0.1, -0.05) is 348 Å². The molecule has 0 unspecified atom stereocenters. The van der Waals surface area contributed by atoms with Crippen LogP contribution in [0.2, 0.25) is 0 Å². The highest BCUT2D eigenvalue weighted by molar-refractivity contribution is 7.48. The zero-order valence-electron chi connectivity index (χ0n) is 57.8. The van der Waals surface area contributed by atoms with Gasteiger partial charge in [0.2, 0.25) is 0 Å². The molecule has 0 aromatic rings. The Labute approximate surface area is 534 Å². The molecule has 0 aromatic carbocycles. The molecule has 0 saturated heterocycles. The van der Waals surface area contributed by atoms with Gasteiger partial charge in [-0.2, -0.15) is 0 Å². The zero-order chi connectivity index (χ0) is 62.3. The van der Waals surface area contributed by atoms with Gasteiger partial charge in [-0.3, -0.25) is 28.0 Å². The largest absolute Gasteiger partial charge is 0.474 e. The van der Waals surface area contributed by atoms with Gasteiger partial charge in [-0.15, -0.1) is 0 Å². The Hall–Kier alpha value is -1.48. The van der Waals surface area contributed by atoms with Crippen molar-refractivity contribution in [1.29, 1.82) is 0 Å². The van der Waals surface area contributed by atoms with E-state index in [1.165, 1.54) is 212 Å². The molecule has 0 aliphatic rings. The average Bonchev–Trinajstić information content (AvgIpc) is 3.70. The number of esters is 3. The number of carbonyl (C=O) groups is 3. The van der Waals surface area contributed by atoms with Gasteiger partial charge in [-0.25, -0.2) is 4.57 Å². The number of hydrogen-bond donors (Lipinski definition) is 0.